The lowest BCUT2D eigenvalue weighted by molar-refractivity contribution is 0.471. The third-order valence-electron chi connectivity index (χ3n) is 6.46. The predicted octanol–water partition coefficient (Wildman–Crippen LogP) is 7.88. The lowest BCUT2D eigenvalue weighted by atomic mass is 9.75. The summed E-state index contributed by atoms with van der Waals surface area (Å²) in [5.74, 6) is 0. The lowest BCUT2D eigenvalue weighted by Crippen LogP contribution is -2.27. The van der Waals surface area contributed by atoms with Crippen LogP contribution in [0.3, 0.4) is 0 Å². The first-order chi connectivity index (χ1) is 16.2. The van der Waals surface area contributed by atoms with E-state index in [-0.39, 0.29) is 0 Å². The van der Waals surface area contributed by atoms with E-state index in [4.69, 9.17) is 13.1 Å². The van der Waals surface area contributed by atoms with Gasteiger partial charge in [0, 0.05) is 35.1 Å². The summed E-state index contributed by atoms with van der Waals surface area (Å²) in [6, 6.07) is 40.2. The fraction of sp³-hybridized carbons (Fsp3) is 0.161. The van der Waals surface area contributed by atoms with E-state index in [9.17, 15) is 0 Å². The molecule has 4 rings (SSSR count). The van der Waals surface area contributed by atoms with Gasteiger partial charge in [0.15, 0.2) is 0 Å². The third kappa shape index (κ3) is 4.30. The molecule has 0 atom stereocenters. The van der Waals surface area contributed by atoms with Crippen LogP contribution < -0.4 is 0 Å². The minimum absolute atomic E-state index is 0.640. The van der Waals surface area contributed by atoms with Gasteiger partial charge in [-0.15, -0.1) is 0 Å². The number of benzene rings is 4. The second kappa shape index (κ2) is 9.99. The maximum Gasteiger partial charge on any atom is 0.282 e. The van der Waals surface area contributed by atoms with Gasteiger partial charge < -0.3 is 0 Å². The van der Waals surface area contributed by atoms with Crippen LogP contribution in [0, 0.1) is 13.1 Å². The van der Waals surface area contributed by atoms with Crippen molar-refractivity contribution in [1.82, 2.24) is 0 Å². The van der Waals surface area contributed by atoms with Crippen molar-refractivity contribution in [1.29, 1.82) is 0 Å². The maximum atomic E-state index is 8.25. The monoisotopic (exact) mass is 426 g/mol. The summed E-state index contributed by atoms with van der Waals surface area (Å²) in [5, 5.41) is 0. The maximum absolute atomic E-state index is 8.25. The van der Waals surface area contributed by atoms with Crippen molar-refractivity contribution in [2.75, 3.05) is 0 Å². The molecule has 2 heteroatoms. The first-order valence-electron chi connectivity index (χ1n) is 11.2. The number of nitrogens with zero attached hydrogens (tertiary/aromatic N) is 2. The highest BCUT2D eigenvalue weighted by Gasteiger charge is 2.45. The van der Waals surface area contributed by atoms with E-state index >= 15 is 0 Å². The minimum atomic E-state index is -0.774. The Bertz CT molecular complexity index is 1050. The molecule has 4 aromatic carbocycles. The van der Waals surface area contributed by atoms with Gasteiger partial charge in [-0.2, -0.15) is 0 Å². The summed E-state index contributed by atoms with van der Waals surface area (Å²) in [7, 11) is 0. The van der Waals surface area contributed by atoms with Gasteiger partial charge in [-0.1, -0.05) is 121 Å². The molecule has 33 heavy (non-hydrogen) atoms. The highest BCUT2D eigenvalue weighted by atomic mass is 14.8. The molecule has 0 bridgehead atoms. The standard InChI is InChI=1S/C31H26N2/c1-32-30(26-16-7-3-8-17-26,27-18-9-4-10-19-27)24-15-25-31(33-2,28-20-11-5-12-21-28)29-22-13-6-14-23-29/h3-14,16-23H,15,24-25H2. The van der Waals surface area contributed by atoms with Crippen LogP contribution >= 0.6 is 0 Å². The largest absolute Gasteiger partial charge is 0.300 e. The number of rotatable bonds is 8. The van der Waals surface area contributed by atoms with Crippen molar-refractivity contribution < 1.29 is 0 Å². The molecule has 0 aromatic heterocycles. The Morgan fingerprint density at radius 1 is 0.424 bits per heavy atom. The summed E-state index contributed by atoms with van der Waals surface area (Å²) >= 11 is 0. The van der Waals surface area contributed by atoms with Gasteiger partial charge in [0.05, 0.1) is 0 Å². The second-order valence-electron chi connectivity index (χ2n) is 8.26. The fourth-order valence-electron chi connectivity index (χ4n) is 4.74. The summed E-state index contributed by atoms with van der Waals surface area (Å²) in [4.78, 5) is 8.45. The van der Waals surface area contributed by atoms with Gasteiger partial charge in [0.2, 0.25) is 0 Å². The zero-order valence-corrected chi connectivity index (χ0v) is 18.6. The van der Waals surface area contributed by atoms with Gasteiger partial charge in [0.1, 0.15) is 0 Å². The molecule has 0 fully saturated rings. The van der Waals surface area contributed by atoms with Crippen LogP contribution in [0.1, 0.15) is 41.5 Å². The van der Waals surface area contributed by atoms with E-state index in [2.05, 4.69) is 9.69 Å². The smallest absolute Gasteiger partial charge is 0.282 e. The summed E-state index contributed by atoms with van der Waals surface area (Å²) in [6.07, 6.45) is 2.02. The normalized spacial score (nSPS) is 11.3. The van der Waals surface area contributed by atoms with Crippen LogP contribution in [0.25, 0.3) is 9.69 Å². The van der Waals surface area contributed by atoms with Gasteiger partial charge in [0.25, 0.3) is 11.1 Å². The first kappa shape index (κ1) is 22.1. The molecule has 2 nitrogen and oxygen atoms in total. The second-order valence-corrected chi connectivity index (χ2v) is 8.26. The van der Waals surface area contributed by atoms with E-state index in [0.29, 0.717) is 12.8 Å². The van der Waals surface area contributed by atoms with Crippen LogP contribution in [0.15, 0.2) is 121 Å². The summed E-state index contributed by atoms with van der Waals surface area (Å²) in [6.45, 7) is 16.5. The lowest BCUT2D eigenvalue weighted by Gasteiger charge is -2.26. The highest BCUT2D eigenvalue weighted by molar-refractivity contribution is 5.44. The van der Waals surface area contributed by atoms with E-state index in [1.54, 1.807) is 0 Å². The van der Waals surface area contributed by atoms with Crippen molar-refractivity contribution in [3.63, 3.8) is 0 Å². The average Bonchev–Trinajstić information content (AvgIpc) is 2.91. The highest BCUT2D eigenvalue weighted by Crippen LogP contribution is 2.43. The van der Waals surface area contributed by atoms with E-state index in [1.807, 2.05) is 121 Å². The predicted molar refractivity (Wildman–Crippen MR) is 134 cm³/mol. The fourth-order valence-corrected chi connectivity index (χ4v) is 4.74. The summed E-state index contributed by atoms with van der Waals surface area (Å²) < 4.78 is 0. The van der Waals surface area contributed by atoms with E-state index in [1.165, 1.54) is 0 Å². The van der Waals surface area contributed by atoms with E-state index < -0.39 is 11.1 Å². The molecule has 0 radical (unpaired) electrons. The Hall–Kier alpha value is -4.14. The SMILES string of the molecule is [C-]#[N+]C(CCCC([N+]#[C-])(c1ccccc1)c1ccccc1)(c1ccccc1)c1ccccc1. The van der Waals surface area contributed by atoms with Gasteiger partial charge in [-0.25, -0.2) is 13.1 Å². The molecule has 0 spiro atoms. The Labute approximate surface area is 196 Å². The molecular weight excluding hydrogens is 400 g/mol. The van der Waals surface area contributed by atoms with Crippen LogP contribution in [0.4, 0.5) is 0 Å². The molecule has 0 saturated carbocycles. The molecular formula is C31H26N2. The van der Waals surface area contributed by atoms with Crippen molar-refractivity contribution >= 4 is 0 Å². The molecule has 0 amide bonds. The van der Waals surface area contributed by atoms with Crippen molar-refractivity contribution in [2.45, 2.75) is 30.3 Å². The van der Waals surface area contributed by atoms with Gasteiger partial charge in [-0.05, 0) is 6.42 Å². The zero-order chi connectivity index (χ0) is 23.0. The Morgan fingerprint density at radius 3 is 0.879 bits per heavy atom. The Morgan fingerprint density at radius 2 is 0.667 bits per heavy atom. The van der Waals surface area contributed by atoms with Crippen molar-refractivity contribution in [3.8, 4) is 0 Å². The van der Waals surface area contributed by atoms with E-state index in [0.717, 1.165) is 28.7 Å². The third-order valence-corrected chi connectivity index (χ3v) is 6.46. The average molecular weight is 427 g/mol. The molecule has 0 saturated heterocycles. The molecule has 160 valence electrons. The van der Waals surface area contributed by atoms with Crippen LogP contribution in [-0.2, 0) is 11.1 Å². The Kier molecular flexibility index (Phi) is 6.68. The van der Waals surface area contributed by atoms with Crippen molar-refractivity contribution in [2.24, 2.45) is 0 Å². The molecule has 0 N–H and O–H groups in total. The number of hydrogen-bond acceptors (Lipinski definition) is 0. The van der Waals surface area contributed by atoms with Gasteiger partial charge in [-0.3, -0.25) is 9.69 Å². The molecule has 4 aromatic rings. The van der Waals surface area contributed by atoms with Crippen LogP contribution in [0.2, 0.25) is 0 Å². The zero-order valence-electron chi connectivity index (χ0n) is 18.6. The molecule has 0 heterocycles. The topological polar surface area (TPSA) is 8.72 Å². The number of hydrogen-bond donors (Lipinski definition) is 0. The van der Waals surface area contributed by atoms with Crippen molar-refractivity contribution in [3.05, 3.63) is 166 Å². The van der Waals surface area contributed by atoms with Gasteiger partial charge >= 0.3 is 0 Å². The van der Waals surface area contributed by atoms with Crippen LogP contribution in [0.5, 0.6) is 0 Å². The minimum Gasteiger partial charge on any atom is -0.300 e. The Balaban J connectivity index is 1.72. The molecule has 0 aliphatic rings. The molecule has 0 unspecified atom stereocenters. The quantitative estimate of drug-likeness (QED) is 0.253. The first-order valence-corrected chi connectivity index (χ1v) is 11.2. The molecule has 0 aliphatic carbocycles. The summed E-state index contributed by atoms with van der Waals surface area (Å²) in [5.41, 5.74) is 2.45. The van der Waals surface area contributed by atoms with Crippen LogP contribution in [-0.4, -0.2) is 0 Å². The molecule has 0 aliphatic heterocycles.